The van der Waals surface area contributed by atoms with E-state index in [1.807, 2.05) is 11.1 Å². The van der Waals surface area contributed by atoms with Crippen molar-refractivity contribution in [3.05, 3.63) is 71.6 Å². The van der Waals surface area contributed by atoms with Gasteiger partial charge in [-0.05, 0) is 68.2 Å². The number of H-pyrrole nitrogens is 1. The van der Waals surface area contributed by atoms with Crippen LogP contribution in [0.25, 0.3) is 17.0 Å². The molecule has 1 aromatic heterocycles. The zero-order valence-electron chi connectivity index (χ0n) is 17.6. The summed E-state index contributed by atoms with van der Waals surface area (Å²) in [5, 5.41) is 3.36. The van der Waals surface area contributed by atoms with Crippen LogP contribution in [0.1, 0.15) is 30.5 Å². The highest BCUT2D eigenvalue weighted by Crippen LogP contribution is 2.71. The highest BCUT2D eigenvalue weighted by atomic mass is 19.1. The van der Waals surface area contributed by atoms with Crippen molar-refractivity contribution < 1.29 is 18.4 Å². The van der Waals surface area contributed by atoms with Crippen LogP contribution in [-0.4, -0.2) is 28.2 Å². The summed E-state index contributed by atoms with van der Waals surface area (Å²) in [6.45, 7) is 2.07. The molecule has 3 unspecified atom stereocenters. The lowest BCUT2D eigenvalue weighted by atomic mass is 9.71. The lowest BCUT2D eigenvalue weighted by Crippen LogP contribution is -2.33. The first-order valence-corrected chi connectivity index (χ1v) is 10.7. The summed E-state index contributed by atoms with van der Waals surface area (Å²) in [6.07, 6.45) is 8.04. The first-order valence-electron chi connectivity index (χ1n) is 10.7. The Labute approximate surface area is 184 Å². The molecule has 2 N–H and O–H groups in total. The summed E-state index contributed by atoms with van der Waals surface area (Å²) in [5.41, 5.74) is 4.00. The lowest BCUT2D eigenvalue weighted by Gasteiger charge is -2.30. The Morgan fingerprint density at radius 3 is 2.56 bits per heavy atom. The third-order valence-corrected chi connectivity index (χ3v) is 6.85. The second-order valence-electron chi connectivity index (χ2n) is 8.82. The van der Waals surface area contributed by atoms with Crippen molar-refractivity contribution in [1.29, 1.82) is 0 Å². The number of amides is 2. The van der Waals surface area contributed by atoms with Crippen LogP contribution in [0.3, 0.4) is 0 Å². The molecular weight excluding hydrogens is 412 g/mol. The van der Waals surface area contributed by atoms with Crippen LogP contribution in [0.5, 0.6) is 0 Å². The van der Waals surface area contributed by atoms with Gasteiger partial charge in [-0.15, -0.1) is 0 Å². The van der Waals surface area contributed by atoms with Crippen LogP contribution in [-0.2, 0) is 9.59 Å². The fourth-order valence-electron chi connectivity index (χ4n) is 5.13. The number of fused-ring (bicyclic) bond motifs is 1. The molecule has 2 aromatic carbocycles. The van der Waals surface area contributed by atoms with E-state index in [1.165, 1.54) is 29.4 Å². The second kappa shape index (κ2) is 7.58. The number of hydrogen-bond donors (Lipinski definition) is 2. The Kier molecular flexibility index (Phi) is 4.84. The highest BCUT2D eigenvalue weighted by Gasteiger charge is 2.74. The lowest BCUT2D eigenvalue weighted by molar-refractivity contribution is -0.133. The number of anilines is 1. The Balaban J connectivity index is 0.000000168. The fourth-order valence-corrected chi connectivity index (χ4v) is 5.13. The van der Waals surface area contributed by atoms with Crippen LogP contribution in [0.2, 0.25) is 0 Å². The van der Waals surface area contributed by atoms with E-state index < -0.39 is 11.6 Å². The number of hydrogen-bond acceptors (Lipinski definition) is 2. The maximum absolute atomic E-state index is 12.4. The highest BCUT2D eigenvalue weighted by molar-refractivity contribution is 5.88. The average molecular weight is 435 g/mol. The topological polar surface area (TPSA) is 65.2 Å². The van der Waals surface area contributed by atoms with Gasteiger partial charge in [0.15, 0.2) is 0 Å². The zero-order valence-corrected chi connectivity index (χ0v) is 17.6. The van der Waals surface area contributed by atoms with Gasteiger partial charge in [0, 0.05) is 51.9 Å². The Morgan fingerprint density at radius 1 is 1.16 bits per heavy atom. The molecule has 1 saturated heterocycles. The molecular formula is C25H23F2N3O2. The van der Waals surface area contributed by atoms with Crippen molar-refractivity contribution in [2.75, 3.05) is 5.32 Å². The number of piperidine rings is 1. The number of halogens is 2. The van der Waals surface area contributed by atoms with Crippen molar-refractivity contribution in [2.45, 2.75) is 32.2 Å². The van der Waals surface area contributed by atoms with Crippen LogP contribution >= 0.6 is 0 Å². The molecule has 164 valence electrons. The van der Waals surface area contributed by atoms with Crippen LogP contribution < -0.4 is 5.32 Å². The largest absolute Gasteiger partial charge is 0.359 e. The van der Waals surface area contributed by atoms with Crippen LogP contribution in [0, 0.1) is 29.9 Å². The molecule has 6 rings (SSSR count). The smallest absolute Gasteiger partial charge is 0.230 e. The summed E-state index contributed by atoms with van der Waals surface area (Å²) in [4.78, 5) is 27.5. The first-order chi connectivity index (χ1) is 15.4. The summed E-state index contributed by atoms with van der Waals surface area (Å²) < 4.78 is 24.7. The number of nitrogens with zero attached hydrogens (tertiary/aromatic N) is 1. The summed E-state index contributed by atoms with van der Waals surface area (Å²) in [5.74, 6) is -0.738. The molecule has 0 bridgehead atoms. The minimum absolute atomic E-state index is 0.109. The SMILES string of the molecule is Cc1cc2cc(/C=C/N3C(=O)C4CCC45CC35)ccc2[nH]1.O=CNc1cc(F)cc(F)c1. The van der Waals surface area contributed by atoms with Gasteiger partial charge < -0.3 is 15.2 Å². The van der Waals surface area contributed by atoms with Crippen molar-refractivity contribution in [2.24, 2.45) is 11.3 Å². The molecule has 2 heterocycles. The van der Waals surface area contributed by atoms with Crippen molar-refractivity contribution in [3.8, 4) is 0 Å². The summed E-state index contributed by atoms with van der Waals surface area (Å²) in [6, 6.07) is 11.8. The minimum Gasteiger partial charge on any atom is -0.359 e. The molecule has 1 aliphatic heterocycles. The van der Waals surface area contributed by atoms with E-state index in [-0.39, 0.29) is 5.69 Å². The number of benzene rings is 2. The number of aromatic amines is 1. The molecule has 1 spiro atoms. The molecule has 2 aliphatic carbocycles. The predicted octanol–water partition coefficient (Wildman–Crippen LogP) is 4.99. The second-order valence-corrected chi connectivity index (χ2v) is 8.82. The Morgan fingerprint density at radius 2 is 1.94 bits per heavy atom. The third kappa shape index (κ3) is 3.47. The normalized spacial score (nSPS) is 25.1. The molecule has 3 fully saturated rings. The van der Waals surface area contributed by atoms with E-state index in [0.717, 1.165) is 30.2 Å². The number of aromatic nitrogens is 1. The van der Waals surface area contributed by atoms with E-state index in [4.69, 9.17) is 0 Å². The quantitative estimate of drug-likeness (QED) is 0.567. The fraction of sp³-hybridized carbons (Fsp3) is 0.280. The van der Waals surface area contributed by atoms with E-state index in [2.05, 4.69) is 47.6 Å². The maximum Gasteiger partial charge on any atom is 0.230 e. The van der Waals surface area contributed by atoms with Crippen molar-refractivity contribution >= 4 is 35.0 Å². The van der Waals surface area contributed by atoms with Crippen LogP contribution in [0.15, 0.2) is 48.7 Å². The van der Waals surface area contributed by atoms with Gasteiger partial charge in [0.2, 0.25) is 12.3 Å². The summed E-state index contributed by atoms with van der Waals surface area (Å²) in [7, 11) is 0. The Bertz CT molecular complexity index is 1230. The van der Waals surface area contributed by atoms with Gasteiger partial charge >= 0.3 is 0 Å². The number of likely N-dealkylation sites (tertiary alicyclic amines) is 1. The molecule has 2 saturated carbocycles. The first kappa shape index (κ1) is 20.4. The van der Waals surface area contributed by atoms with Gasteiger partial charge in [-0.1, -0.05) is 6.07 Å². The van der Waals surface area contributed by atoms with Gasteiger partial charge in [0.05, 0.1) is 0 Å². The van der Waals surface area contributed by atoms with E-state index in [0.29, 0.717) is 29.7 Å². The van der Waals surface area contributed by atoms with Crippen molar-refractivity contribution in [1.82, 2.24) is 9.88 Å². The molecule has 7 heteroatoms. The van der Waals surface area contributed by atoms with Crippen molar-refractivity contribution in [3.63, 3.8) is 0 Å². The third-order valence-electron chi connectivity index (χ3n) is 6.85. The predicted molar refractivity (Wildman–Crippen MR) is 119 cm³/mol. The van der Waals surface area contributed by atoms with Gasteiger partial charge in [-0.2, -0.15) is 0 Å². The molecule has 3 aromatic rings. The minimum atomic E-state index is -0.714. The van der Waals surface area contributed by atoms with E-state index >= 15 is 0 Å². The van der Waals surface area contributed by atoms with Gasteiger partial charge in [-0.25, -0.2) is 8.78 Å². The molecule has 3 aliphatic rings. The zero-order chi connectivity index (χ0) is 22.5. The molecule has 3 atom stereocenters. The standard InChI is InChI=1S/C18H18N2O.C7H5F2NO/c1-11-8-13-9-12(2-3-15(13)19-11)5-7-20-16-10-18(16)6-4-14(18)17(20)21;8-5-1-6(9)3-7(2-5)10-4-11/h2-3,5,7-9,14,16,19H,4,6,10H2,1H3;1-4H,(H,10,11)/b7-5+;. The number of rotatable bonds is 4. The van der Waals surface area contributed by atoms with Gasteiger partial charge in [-0.3, -0.25) is 9.59 Å². The number of nitrogens with one attached hydrogen (secondary N) is 2. The van der Waals surface area contributed by atoms with E-state index in [9.17, 15) is 18.4 Å². The summed E-state index contributed by atoms with van der Waals surface area (Å²) >= 11 is 0. The molecule has 2 amide bonds. The average Bonchev–Trinajstić information content (AvgIpc) is 3.32. The molecule has 5 nitrogen and oxygen atoms in total. The number of carbonyl (C=O) groups is 2. The number of aryl methyl sites for hydroxylation is 1. The number of carbonyl (C=O) groups excluding carboxylic acids is 2. The van der Waals surface area contributed by atoms with Gasteiger partial charge in [0.25, 0.3) is 0 Å². The van der Waals surface area contributed by atoms with Crippen LogP contribution in [0.4, 0.5) is 14.5 Å². The monoisotopic (exact) mass is 435 g/mol. The van der Waals surface area contributed by atoms with Gasteiger partial charge in [0.1, 0.15) is 11.6 Å². The van der Waals surface area contributed by atoms with E-state index in [1.54, 1.807) is 0 Å². The maximum atomic E-state index is 12.4. The Hall–Kier alpha value is -3.48. The molecule has 32 heavy (non-hydrogen) atoms. The molecule has 0 radical (unpaired) electrons.